The van der Waals surface area contributed by atoms with E-state index in [1.807, 2.05) is 60.7 Å². The van der Waals surface area contributed by atoms with Crippen LogP contribution in [0.5, 0.6) is 0 Å². The monoisotopic (exact) mass is 398 g/mol. The molecule has 0 atom stereocenters. The van der Waals surface area contributed by atoms with Crippen LogP contribution in [0.4, 0.5) is 4.79 Å². The molecule has 1 aliphatic heterocycles. The lowest BCUT2D eigenvalue weighted by molar-refractivity contribution is -0.130. The van der Waals surface area contributed by atoms with Crippen molar-refractivity contribution < 1.29 is 23.8 Å². The lowest BCUT2D eigenvalue weighted by Crippen LogP contribution is -2.45. The van der Waals surface area contributed by atoms with E-state index in [9.17, 15) is 9.59 Å². The van der Waals surface area contributed by atoms with Gasteiger partial charge >= 0.3 is 6.03 Å². The van der Waals surface area contributed by atoms with Gasteiger partial charge in [-0.1, -0.05) is 60.7 Å². The van der Waals surface area contributed by atoms with Crippen molar-refractivity contribution in [1.29, 1.82) is 0 Å². The van der Waals surface area contributed by atoms with E-state index in [1.165, 1.54) is 4.90 Å². The summed E-state index contributed by atoms with van der Waals surface area (Å²) in [6.07, 6.45) is 0. The van der Waals surface area contributed by atoms with Gasteiger partial charge in [-0.15, -0.1) is 0 Å². The molecule has 1 heterocycles. The highest BCUT2D eigenvalue weighted by Gasteiger charge is 2.53. The van der Waals surface area contributed by atoms with Gasteiger partial charge in [0.2, 0.25) is 0 Å². The van der Waals surface area contributed by atoms with Crippen LogP contribution in [-0.4, -0.2) is 63.5 Å². The van der Waals surface area contributed by atoms with Gasteiger partial charge in [0.15, 0.2) is 5.54 Å². The van der Waals surface area contributed by atoms with Crippen molar-refractivity contribution in [2.75, 3.05) is 46.7 Å². The second-order valence-electron chi connectivity index (χ2n) is 6.59. The number of benzene rings is 2. The Labute approximate surface area is 170 Å². The zero-order chi connectivity index (χ0) is 20.5. The third-order valence-corrected chi connectivity index (χ3v) is 4.78. The highest BCUT2D eigenvalue weighted by molar-refractivity contribution is 6.09. The fourth-order valence-corrected chi connectivity index (χ4v) is 3.33. The summed E-state index contributed by atoms with van der Waals surface area (Å²) in [5.74, 6) is -0.306. The van der Waals surface area contributed by atoms with Crippen LogP contribution in [0.2, 0.25) is 0 Å². The van der Waals surface area contributed by atoms with Crippen molar-refractivity contribution in [3.05, 3.63) is 71.8 Å². The lowest BCUT2D eigenvalue weighted by Gasteiger charge is -2.28. The van der Waals surface area contributed by atoms with Crippen molar-refractivity contribution in [3.8, 4) is 0 Å². The Morgan fingerprint density at radius 2 is 1.31 bits per heavy atom. The molecule has 154 valence electrons. The smallest absolute Gasteiger partial charge is 0.325 e. The first-order valence-electron chi connectivity index (χ1n) is 9.59. The van der Waals surface area contributed by atoms with Crippen LogP contribution in [0.3, 0.4) is 0 Å². The van der Waals surface area contributed by atoms with Gasteiger partial charge in [-0.05, 0) is 11.1 Å². The predicted molar refractivity (Wildman–Crippen MR) is 107 cm³/mol. The van der Waals surface area contributed by atoms with Crippen molar-refractivity contribution >= 4 is 11.9 Å². The maximum absolute atomic E-state index is 13.4. The normalized spacial score (nSPS) is 15.6. The van der Waals surface area contributed by atoms with Gasteiger partial charge in [0.1, 0.15) is 0 Å². The van der Waals surface area contributed by atoms with Gasteiger partial charge in [-0.3, -0.25) is 9.69 Å². The fourth-order valence-electron chi connectivity index (χ4n) is 3.33. The van der Waals surface area contributed by atoms with Gasteiger partial charge in [-0.2, -0.15) is 0 Å². The van der Waals surface area contributed by atoms with Crippen LogP contribution in [0, 0.1) is 0 Å². The number of amides is 3. The van der Waals surface area contributed by atoms with Crippen LogP contribution >= 0.6 is 0 Å². The summed E-state index contributed by atoms with van der Waals surface area (Å²) < 4.78 is 15.7. The second kappa shape index (κ2) is 10.2. The highest BCUT2D eigenvalue weighted by atomic mass is 16.5. The summed E-state index contributed by atoms with van der Waals surface area (Å²) in [4.78, 5) is 27.3. The number of nitrogens with one attached hydrogen (secondary N) is 1. The molecule has 1 aliphatic rings. The summed E-state index contributed by atoms with van der Waals surface area (Å²) in [5, 5.41) is 2.92. The minimum Gasteiger partial charge on any atom is -0.382 e. The van der Waals surface area contributed by atoms with Crippen LogP contribution in [0.25, 0.3) is 0 Å². The first kappa shape index (κ1) is 21.0. The van der Waals surface area contributed by atoms with Crippen molar-refractivity contribution in [2.24, 2.45) is 0 Å². The quantitative estimate of drug-likeness (QED) is 0.464. The van der Waals surface area contributed by atoms with Crippen LogP contribution in [-0.2, 0) is 24.5 Å². The van der Waals surface area contributed by atoms with E-state index in [2.05, 4.69) is 5.32 Å². The Bertz CT molecular complexity index is 758. The Hall–Kier alpha value is -2.74. The number of hydrogen-bond acceptors (Lipinski definition) is 5. The minimum atomic E-state index is -1.23. The molecule has 2 aromatic rings. The molecule has 3 rings (SSSR count). The van der Waals surface area contributed by atoms with Gasteiger partial charge in [-0.25, -0.2) is 4.79 Å². The maximum atomic E-state index is 13.4. The van der Waals surface area contributed by atoms with E-state index in [0.717, 1.165) is 11.1 Å². The molecule has 0 saturated carbocycles. The molecule has 1 saturated heterocycles. The average molecular weight is 398 g/mol. The molecule has 0 aliphatic carbocycles. The van der Waals surface area contributed by atoms with Gasteiger partial charge < -0.3 is 19.5 Å². The molecular weight excluding hydrogens is 372 g/mol. The van der Waals surface area contributed by atoms with Crippen molar-refractivity contribution in [2.45, 2.75) is 5.54 Å². The molecule has 0 spiro atoms. The first-order valence-corrected chi connectivity index (χ1v) is 9.59. The predicted octanol–water partition coefficient (Wildman–Crippen LogP) is 2.16. The zero-order valence-electron chi connectivity index (χ0n) is 16.5. The van der Waals surface area contributed by atoms with Gasteiger partial charge in [0, 0.05) is 7.11 Å². The Morgan fingerprint density at radius 3 is 1.86 bits per heavy atom. The topological polar surface area (TPSA) is 77.1 Å². The average Bonchev–Trinajstić information content (AvgIpc) is 3.02. The van der Waals surface area contributed by atoms with E-state index in [1.54, 1.807) is 7.11 Å². The molecule has 0 radical (unpaired) electrons. The summed E-state index contributed by atoms with van der Waals surface area (Å²) in [6, 6.07) is 18.2. The summed E-state index contributed by atoms with van der Waals surface area (Å²) in [6.45, 7) is 2.26. The molecule has 7 heteroatoms. The summed E-state index contributed by atoms with van der Waals surface area (Å²) in [7, 11) is 1.61. The first-order chi connectivity index (χ1) is 14.2. The van der Waals surface area contributed by atoms with Crippen molar-refractivity contribution in [3.63, 3.8) is 0 Å². The third-order valence-electron chi connectivity index (χ3n) is 4.78. The maximum Gasteiger partial charge on any atom is 0.325 e. The number of carbonyl (C=O) groups is 2. The molecule has 3 amide bonds. The number of methoxy groups -OCH3 is 1. The molecule has 7 nitrogen and oxygen atoms in total. The number of carbonyl (C=O) groups excluding carboxylic acids is 2. The fraction of sp³-hybridized carbons (Fsp3) is 0.364. The number of ether oxygens (including phenoxy) is 3. The molecule has 0 bridgehead atoms. The van der Waals surface area contributed by atoms with Crippen molar-refractivity contribution in [1.82, 2.24) is 10.2 Å². The second-order valence-corrected chi connectivity index (χ2v) is 6.59. The van der Waals surface area contributed by atoms with Gasteiger partial charge in [0.25, 0.3) is 5.91 Å². The van der Waals surface area contributed by atoms with E-state index in [-0.39, 0.29) is 19.1 Å². The number of rotatable bonds is 11. The largest absolute Gasteiger partial charge is 0.382 e. The van der Waals surface area contributed by atoms with E-state index in [0.29, 0.717) is 26.4 Å². The number of imide groups is 1. The number of nitrogens with zero attached hydrogens (tertiary/aromatic N) is 1. The molecular formula is C22H26N2O5. The minimum absolute atomic E-state index is 0.171. The lowest BCUT2D eigenvalue weighted by atomic mass is 9.82. The summed E-state index contributed by atoms with van der Waals surface area (Å²) in [5.41, 5.74) is 0.210. The third kappa shape index (κ3) is 4.64. The standard InChI is InChI=1S/C22H26N2O5/c1-27-14-15-29-17-16-28-13-12-24-20(25)22(23-21(24)26,18-8-4-2-5-9-18)19-10-6-3-7-11-19/h2-11H,12-17H2,1H3,(H,23,26). The van der Waals surface area contributed by atoms with E-state index < -0.39 is 11.6 Å². The number of hydrogen-bond donors (Lipinski definition) is 1. The molecule has 0 aromatic heterocycles. The Morgan fingerprint density at radius 1 is 0.793 bits per heavy atom. The van der Waals surface area contributed by atoms with E-state index >= 15 is 0 Å². The summed E-state index contributed by atoms with van der Waals surface area (Å²) >= 11 is 0. The molecule has 0 unspecified atom stereocenters. The highest BCUT2D eigenvalue weighted by Crippen LogP contribution is 2.35. The Kier molecular flexibility index (Phi) is 7.35. The molecule has 29 heavy (non-hydrogen) atoms. The Balaban J connectivity index is 1.68. The van der Waals surface area contributed by atoms with Crippen LogP contribution in [0.15, 0.2) is 60.7 Å². The molecule has 1 N–H and O–H groups in total. The molecule has 1 fully saturated rings. The molecule has 2 aromatic carbocycles. The van der Waals surface area contributed by atoms with Crippen LogP contribution in [0.1, 0.15) is 11.1 Å². The van der Waals surface area contributed by atoms with Crippen LogP contribution < -0.4 is 5.32 Å². The van der Waals surface area contributed by atoms with Gasteiger partial charge in [0.05, 0.1) is 39.6 Å². The SMILES string of the molecule is COCCOCCOCCN1C(=O)NC(c2ccccc2)(c2ccccc2)C1=O. The van der Waals surface area contributed by atoms with E-state index in [4.69, 9.17) is 14.2 Å². The zero-order valence-corrected chi connectivity index (χ0v) is 16.5. The number of urea groups is 1.